The summed E-state index contributed by atoms with van der Waals surface area (Å²) in [6.45, 7) is 120. The van der Waals surface area contributed by atoms with E-state index in [0.29, 0.717) is 150 Å². The molecule has 0 aliphatic heterocycles. The molecule has 1 heterocycles. The summed E-state index contributed by atoms with van der Waals surface area (Å²) in [4.78, 5) is 140. The van der Waals surface area contributed by atoms with Crippen LogP contribution >= 0.6 is 0 Å². The number of rotatable bonds is 45. The van der Waals surface area contributed by atoms with Crippen molar-refractivity contribution < 1.29 is 71.7 Å². The lowest BCUT2D eigenvalue weighted by atomic mass is 9.88. The largest absolute Gasteiger partial charge is 0.381 e. The summed E-state index contributed by atoms with van der Waals surface area (Å²) in [5.41, 5.74) is -0.519. The third kappa shape index (κ3) is 111. The zero-order valence-corrected chi connectivity index (χ0v) is 106. The summed E-state index contributed by atoms with van der Waals surface area (Å²) in [5, 5.41) is 29.0. The summed E-state index contributed by atoms with van der Waals surface area (Å²) in [5.74, 6) is 2.31. The predicted molar refractivity (Wildman–Crippen MR) is 620 cm³/mol. The van der Waals surface area contributed by atoms with Gasteiger partial charge in [-0.05, 0) is 172 Å². The minimum atomic E-state index is -0.413. The fourth-order valence-electron chi connectivity index (χ4n) is 11.3. The van der Waals surface area contributed by atoms with Crippen molar-refractivity contribution in [1.29, 1.82) is 0 Å². The molecular weight excluding hydrogens is 1850 g/mol. The molecule has 0 saturated carbocycles. The smallest absolute Gasteiger partial charge is 0.314 e. The molecule has 7 N–H and O–H groups in total. The molecule has 0 unspecified atom stereocenters. The molecule has 0 aromatic carbocycles. The van der Waals surface area contributed by atoms with E-state index in [2.05, 4.69) is 172 Å². The number of amides is 5. The zero-order chi connectivity index (χ0) is 118. The Labute approximate surface area is 905 Å². The lowest BCUT2D eigenvalue weighted by molar-refractivity contribution is -0.129. The normalized spacial score (nSPS) is 12.6. The number of carbonyl (C=O) groups is 12. The Kier molecular flexibility index (Phi) is 77.2. The molecule has 1 rings (SSSR count). The van der Waals surface area contributed by atoms with E-state index >= 15 is 0 Å². The molecule has 25 nitrogen and oxygen atoms in total. The van der Waals surface area contributed by atoms with Crippen LogP contribution in [0.3, 0.4) is 0 Å². The van der Waals surface area contributed by atoms with Gasteiger partial charge in [-0.25, -0.2) is 4.79 Å². The highest BCUT2D eigenvalue weighted by Crippen LogP contribution is 2.29. The van der Waals surface area contributed by atoms with Crippen molar-refractivity contribution in [3.8, 4) is 0 Å². The second-order valence-corrected chi connectivity index (χ2v) is 59.4. The molecule has 147 heavy (non-hydrogen) atoms. The molecule has 5 amide bonds. The van der Waals surface area contributed by atoms with E-state index in [9.17, 15) is 57.5 Å². The van der Waals surface area contributed by atoms with Crippen LogP contribution < -0.4 is 37.2 Å². The fourth-order valence-corrected chi connectivity index (χ4v) is 11.3. The quantitative estimate of drug-likeness (QED) is 0.0298. The molecule has 1 aromatic heterocycles. The number of ketones is 8. The monoisotopic (exact) mass is 2090 g/mol. The number of aryl methyl sites for hydroxylation is 1. The number of Topliss-reactive ketones (excluding diaryl/α,β-unsaturated/α-hetero) is 8. The third-order valence-electron chi connectivity index (χ3n) is 21.8. The Morgan fingerprint density at radius 1 is 0.252 bits per heavy atom. The van der Waals surface area contributed by atoms with Crippen molar-refractivity contribution >= 4 is 70.0 Å². The number of hydrogen-bond donors (Lipinski definition) is 7. The van der Waals surface area contributed by atoms with Gasteiger partial charge in [-0.15, -0.1) is 5.10 Å². The van der Waals surface area contributed by atoms with Crippen LogP contribution in [0.5, 0.6) is 0 Å². The molecule has 0 bridgehead atoms. The topological polar surface area (TPSA) is 347 Å². The van der Waals surface area contributed by atoms with Gasteiger partial charge in [-0.1, -0.05) is 350 Å². The molecule has 0 aliphatic carbocycles. The zero-order valence-electron chi connectivity index (χ0n) is 106. The van der Waals surface area contributed by atoms with Gasteiger partial charge in [0.05, 0.1) is 30.6 Å². The SMILES string of the molecule is CC(C)(C)C(=O)CCCNC(=O)C(C)(C)C.CC(C)(C)C(=O)CCCNC(=O)NCCCC(=O)C(C)(C)C.CC(C)(C)C(=O)CCCOCCCC(=O)C(C)(C)C.CC(C)(C)C(=O)CCCn1cc(CNC(=O)C(C)(C)C)nn1.CC(C)(C)CCCCNC(=O)C(C)(C)C.CC(C)(C)CCCCNCC(C)(C)C.CC(C)(C)CNCCCC(=O)C(C)(C)C.CC(C)(C)COC(C)(C)C.CC(C)(C)OCCCC(=O)C(C)(C)C. The van der Waals surface area contributed by atoms with E-state index < -0.39 is 5.41 Å². The lowest BCUT2D eigenvalue weighted by Gasteiger charge is -2.26. The van der Waals surface area contributed by atoms with Gasteiger partial charge in [0.1, 0.15) is 52.0 Å². The minimum Gasteiger partial charge on any atom is -0.381 e. The maximum atomic E-state index is 11.8. The summed E-state index contributed by atoms with van der Waals surface area (Å²) in [7, 11) is 0. The Hall–Kier alpha value is -6.02. The van der Waals surface area contributed by atoms with E-state index in [0.717, 1.165) is 83.4 Å². The van der Waals surface area contributed by atoms with Gasteiger partial charge in [-0.2, -0.15) is 0 Å². The summed E-state index contributed by atoms with van der Waals surface area (Å²) in [6.07, 6.45) is 19.9. The number of carbonyl (C=O) groups excluding carboxylic acids is 12. The molecular formula is C122H242N10O15. The number of urea groups is 1. The Balaban J connectivity index is -0.000000248. The molecule has 25 heteroatoms. The second kappa shape index (κ2) is 72.6. The predicted octanol–water partition coefficient (Wildman–Crippen LogP) is 28.0. The van der Waals surface area contributed by atoms with Crippen LogP contribution in [0.15, 0.2) is 6.20 Å². The van der Waals surface area contributed by atoms with E-state index in [-0.39, 0.29) is 129 Å². The minimum absolute atomic E-state index is 0.00722. The van der Waals surface area contributed by atoms with Crippen LogP contribution in [0.1, 0.15) is 521 Å². The van der Waals surface area contributed by atoms with Gasteiger partial charge >= 0.3 is 6.03 Å². The van der Waals surface area contributed by atoms with Gasteiger partial charge in [0, 0.05) is 163 Å². The van der Waals surface area contributed by atoms with E-state index in [1.807, 2.05) is 255 Å². The maximum absolute atomic E-state index is 11.8. The summed E-state index contributed by atoms with van der Waals surface area (Å²) in [6, 6.07) is -0.244. The third-order valence-corrected chi connectivity index (χ3v) is 21.8. The first-order chi connectivity index (χ1) is 65.3. The van der Waals surface area contributed by atoms with Crippen molar-refractivity contribution in [3.05, 3.63) is 11.9 Å². The number of nitrogens with one attached hydrogen (secondary N) is 7. The van der Waals surface area contributed by atoms with Crippen molar-refractivity contribution in [3.63, 3.8) is 0 Å². The van der Waals surface area contributed by atoms with Crippen LogP contribution in [0, 0.1) is 86.6 Å². The highest BCUT2D eigenvalue weighted by Gasteiger charge is 2.30. The first kappa shape index (κ1) is 156. The van der Waals surface area contributed by atoms with E-state index in [4.69, 9.17) is 14.2 Å². The summed E-state index contributed by atoms with van der Waals surface area (Å²) < 4.78 is 18.3. The molecule has 0 aliphatic rings. The van der Waals surface area contributed by atoms with Crippen molar-refractivity contribution in [2.24, 2.45) is 86.6 Å². The van der Waals surface area contributed by atoms with Crippen LogP contribution in [0.25, 0.3) is 0 Å². The molecule has 0 fully saturated rings. The van der Waals surface area contributed by atoms with Gasteiger partial charge in [0.2, 0.25) is 17.7 Å². The van der Waals surface area contributed by atoms with E-state index in [1.165, 1.54) is 38.6 Å². The second-order valence-electron chi connectivity index (χ2n) is 59.4. The molecule has 870 valence electrons. The summed E-state index contributed by atoms with van der Waals surface area (Å²) >= 11 is 0. The number of nitrogens with zero attached hydrogens (tertiary/aromatic N) is 3. The van der Waals surface area contributed by atoms with Crippen LogP contribution in [0.4, 0.5) is 4.79 Å². The molecule has 0 atom stereocenters. The first-order valence-electron chi connectivity index (χ1n) is 55.6. The molecule has 1 aromatic rings. The Morgan fingerprint density at radius 2 is 0.497 bits per heavy atom. The lowest BCUT2D eigenvalue weighted by Crippen LogP contribution is -2.37. The van der Waals surface area contributed by atoms with Gasteiger partial charge in [0.25, 0.3) is 0 Å². The molecule has 0 spiro atoms. The molecule has 0 saturated heterocycles. The van der Waals surface area contributed by atoms with Crippen molar-refractivity contribution in [2.45, 2.75) is 539 Å². The number of aromatic nitrogens is 3. The highest BCUT2D eigenvalue weighted by molar-refractivity contribution is 5.87. The van der Waals surface area contributed by atoms with Gasteiger partial charge in [-0.3, -0.25) is 57.4 Å². The first-order valence-corrected chi connectivity index (χ1v) is 55.6. The average Bonchev–Trinajstić information content (AvgIpc) is 1.74. The molecule has 0 radical (unpaired) electrons. The van der Waals surface area contributed by atoms with Crippen LogP contribution in [-0.2, 0) is 80.0 Å². The Bertz CT molecular complexity index is 3610. The number of hydrogen-bond acceptors (Lipinski definition) is 19. The number of unbranched alkanes of at least 4 members (excludes halogenated alkanes) is 2. The van der Waals surface area contributed by atoms with E-state index in [1.54, 1.807) is 4.68 Å². The highest BCUT2D eigenvalue weighted by atomic mass is 16.5. The van der Waals surface area contributed by atoms with Crippen molar-refractivity contribution in [1.82, 2.24) is 52.2 Å². The fraction of sp³-hybridized carbons (Fsp3) is 0.885. The van der Waals surface area contributed by atoms with Gasteiger partial charge < -0.3 is 51.4 Å². The van der Waals surface area contributed by atoms with Crippen LogP contribution in [0.2, 0.25) is 0 Å². The van der Waals surface area contributed by atoms with Gasteiger partial charge in [0.15, 0.2) is 0 Å². The maximum Gasteiger partial charge on any atom is 0.314 e. The number of ether oxygens (including phenoxy) is 3. The van der Waals surface area contributed by atoms with Crippen molar-refractivity contribution in [2.75, 3.05) is 78.8 Å². The average molecular weight is 2090 g/mol. The Morgan fingerprint density at radius 3 is 0.755 bits per heavy atom. The van der Waals surface area contributed by atoms with Crippen LogP contribution in [-0.4, -0.2) is 175 Å². The standard InChI is InChI=1S/C17H32N2O3.C16H28N4O2.C16H30O3.C13H25NO2.2C13H27NO.C13H29N.C12H24O2.C9H20O/c1-16(2,3)13(20)9-7-11-18-15(22)19-12-8-10-14(21)17(4,5)6;1-15(2,3)13(21)8-7-9-20-11-12(18-19-20)10-17-14(22)16(4,5)6;1-15(2,3)13(17)9-7-11-19-12-8-10-14(18)16(4,5)6;1-12(2,3)10(15)8-7-9-14-11(16)13(4,5)6;1-12(2,3)10-14-9-7-8-11(15)13(4,5)6;1-12(2,3)9-7-8-10-14-11(15)13(4,5)6;1-12(2,3)9-7-8-10-14-11-13(4,5)6;1-11(2,3)10(13)8-7-9-14-12(4,5)6;1-8(2,3)7-10-9(4,5)6/h7-12H2,1-6H3,(H2,18,19,22);11H,7-10H2,1-6H3,(H,17,22);7-12H2,1-6H3;7-9H2,1-6H3,(H,14,16);14H,7-10H2,1-6H3;7-10H2,1-6H3,(H,14,15);14H,7-11H2,1-6H3;7-9H2,1-6H3;7H2,1-6H3.